The number of aromatic nitrogens is 1. The average Bonchev–Trinajstić information content (AvgIpc) is 3.36. The fourth-order valence-corrected chi connectivity index (χ4v) is 4.36. The number of para-hydroxylation sites is 1. The number of pyridine rings is 1. The molecule has 3 heterocycles. The zero-order valence-corrected chi connectivity index (χ0v) is 15.5. The predicted octanol–water partition coefficient (Wildman–Crippen LogP) is 2.81. The van der Waals surface area contributed by atoms with Crippen molar-refractivity contribution in [2.45, 2.75) is 24.1 Å². The molecular formula is C20H20N4O2S. The number of amides is 1. The van der Waals surface area contributed by atoms with Crippen LogP contribution in [0.2, 0.25) is 0 Å². The van der Waals surface area contributed by atoms with E-state index in [0.29, 0.717) is 23.4 Å². The maximum atomic E-state index is 13.2. The lowest BCUT2D eigenvalue weighted by Gasteiger charge is -2.23. The number of phenolic OH excluding ortho intramolecular Hbond substituents is 1. The fourth-order valence-electron chi connectivity index (χ4n) is 3.33. The van der Waals surface area contributed by atoms with Crippen molar-refractivity contribution in [3.05, 3.63) is 70.9 Å². The maximum absolute atomic E-state index is 13.2. The monoisotopic (exact) mass is 380 g/mol. The minimum atomic E-state index is -0.354. The normalized spacial score (nSPS) is 21.9. The van der Waals surface area contributed by atoms with Crippen LogP contribution in [0.3, 0.4) is 0 Å². The molecule has 0 aliphatic carbocycles. The third kappa shape index (κ3) is 3.48. The van der Waals surface area contributed by atoms with E-state index < -0.39 is 0 Å². The molecule has 0 saturated heterocycles. The van der Waals surface area contributed by atoms with Gasteiger partial charge < -0.3 is 10.8 Å². The van der Waals surface area contributed by atoms with Gasteiger partial charge in [0, 0.05) is 41.7 Å². The van der Waals surface area contributed by atoms with Gasteiger partial charge in [-0.15, -0.1) is 11.8 Å². The third-order valence-electron chi connectivity index (χ3n) is 4.74. The summed E-state index contributed by atoms with van der Waals surface area (Å²) in [5.41, 5.74) is 8.08. The van der Waals surface area contributed by atoms with Gasteiger partial charge in [-0.3, -0.25) is 9.78 Å². The van der Waals surface area contributed by atoms with Gasteiger partial charge in [-0.2, -0.15) is 5.10 Å². The molecule has 0 radical (unpaired) electrons. The summed E-state index contributed by atoms with van der Waals surface area (Å²) in [7, 11) is 0. The first kappa shape index (κ1) is 17.8. The summed E-state index contributed by atoms with van der Waals surface area (Å²) in [4.78, 5) is 18.0. The SMILES string of the molecule is NCC1CC=C(C(=O)N2N=C(c3cccnc3)CC2c2ccccc2O)S1. The molecule has 2 aliphatic heterocycles. The molecule has 0 saturated carbocycles. The zero-order valence-electron chi connectivity index (χ0n) is 14.7. The maximum Gasteiger partial charge on any atom is 0.280 e. The first-order valence-corrected chi connectivity index (χ1v) is 9.71. The lowest BCUT2D eigenvalue weighted by atomic mass is 9.98. The molecule has 0 bridgehead atoms. The molecule has 6 nitrogen and oxygen atoms in total. The topological polar surface area (TPSA) is 91.8 Å². The molecular weight excluding hydrogens is 360 g/mol. The summed E-state index contributed by atoms with van der Waals surface area (Å²) in [5.74, 6) is 0.0129. The van der Waals surface area contributed by atoms with Crippen LogP contribution in [0.1, 0.15) is 30.0 Å². The molecule has 27 heavy (non-hydrogen) atoms. The second-order valence-electron chi connectivity index (χ2n) is 6.50. The Labute approximate surface area is 161 Å². The Bertz CT molecular complexity index is 913. The minimum absolute atomic E-state index is 0.150. The summed E-state index contributed by atoms with van der Waals surface area (Å²) in [6, 6.07) is 10.5. The highest BCUT2D eigenvalue weighted by Crippen LogP contribution is 2.40. The Balaban J connectivity index is 1.68. The number of hydrogen-bond acceptors (Lipinski definition) is 6. The van der Waals surface area contributed by atoms with Crippen molar-refractivity contribution < 1.29 is 9.90 Å². The van der Waals surface area contributed by atoms with Gasteiger partial charge in [0.2, 0.25) is 0 Å². The van der Waals surface area contributed by atoms with E-state index in [1.165, 1.54) is 16.8 Å². The molecule has 1 aromatic carbocycles. The van der Waals surface area contributed by atoms with Gasteiger partial charge in [-0.1, -0.05) is 30.3 Å². The first-order chi connectivity index (χ1) is 13.2. The standard InChI is InChI=1S/C20H20N4O2S/c21-11-14-7-8-19(27-14)20(26)24-17(15-5-1-2-6-18(15)25)10-16(23-24)13-4-3-9-22-12-13/h1-6,8-9,12,14,17,25H,7,10-11,21H2. The van der Waals surface area contributed by atoms with Gasteiger partial charge in [0.15, 0.2) is 0 Å². The summed E-state index contributed by atoms with van der Waals surface area (Å²) in [6.07, 6.45) is 6.69. The van der Waals surface area contributed by atoms with Crippen molar-refractivity contribution in [2.24, 2.45) is 10.8 Å². The van der Waals surface area contributed by atoms with Crippen LogP contribution >= 0.6 is 11.8 Å². The van der Waals surface area contributed by atoms with E-state index >= 15 is 0 Å². The molecule has 0 spiro atoms. The van der Waals surface area contributed by atoms with Crippen LogP contribution in [0.5, 0.6) is 5.75 Å². The van der Waals surface area contributed by atoms with E-state index in [9.17, 15) is 9.90 Å². The van der Waals surface area contributed by atoms with E-state index in [2.05, 4.69) is 10.1 Å². The number of nitrogens with zero attached hydrogens (tertiary/aromatic N) is 3. The number of carbonyl (C=O) groups is 1. The van der Waals surface area contributed by atoms with Gasteiger partial charge in [0.05, 0.1) is 16.7 Å². The second kappa shape index (κ2) is 7.54. The fraction of sp³-hybridized carbons (Fsp3) is 0.250. The van der Waals surface area contributed by atoms with E-state index in [1.807, 2.05) is 30.3 Å². The minimum Gasteiger partial charge on any atom is -0.508 e. The highest BCUT2D eigenvalue weighted by Gasteiger charge is 2.37. The number of benzene rings is 1. The quantitative estimate of drug-likeness (QED) is 0.851. The summed E-state index contributed by atoms with van der Waals surface area (Å²) in [5, 5.41) is 16.7. The lowest BCUT2D eigenvalue weighted by molar-refractivity contribution is -0.128. The average molecular weight is 380 g/mol. The number of rotatable bonds is 4. The Morgan fingerprint density at radius 1 is 1.30 bits per heavy atom. The van der Waals surface area contributed by atoms with Crippen LogP contribution in [0.15, 0.2) is 64.9 Å². The number of hydrogen-bond donors (Lipinski definition) is 2. The van der Waals surface area contributed by atoms with Crippen LogP contribution in [0, 0.1) is 0 Å². The second-order valence-corrected chi connectivity index (χ2v) is 7.84. The van der Waals surface area contributed by atoms with Gasteiger partial charge >= 0.3 is 0 Å². The number of thioether (sulfide) groups is 1. The predicted molar refractivity (Wildman–Crippen MR) is 106 cm³/mol. The van der Waals surface area contributed by atoms with Crippen LogP contribution < -0.4 is 5.73 Å². The number of carbonyl (C=O) groups excluding carboxylic acids is 1. The third-order valence-corrected chi connectivity index (χ3v) is 6.06. The van der Waals surface area contributed by atoms with Crippen LogP contribution in [-0.2, 0) is 4.79 Å². The molecule has 7 heteroatoms. The number of allylic oxidation sites excluding steroid dienone is 1. The molecule has 1 amide bonds. The van der Waals surface area contributed by atoms with E-state index in [0.717, 1.165) is 17.7 Å². The Morgan fingerprint density at radius 2 is 2.15 bits per heavy atom. The van der Waals surface area contributed by atoms with Gasteiger partial charge in [0.25, 0.3) is 5.91 Å². The summed E-state index contributed by atoms with van der Waals surface area (Å²) >= 11 is 1.50. The van der Waals surface area contributed by atoms with Crippen molar-refractivity contribution >= 4 is 23.4 Å². The number of hydrazone groups is 1. The van der Waals surface area contributed by atoms with Crippen LogP contribution in [0.4, 0.5) is 0 Å². The molecule has 2 aromatic rings. The molecule has 2 aliphatic rings. The van der Waals surface area contributed by atoms with Gasteiger partial charge in [-0.05, 0) is 18.6 Å². The van der Waals surface area contributed by atoms with Gasteiger partial charge in [-0.25, -0.2) is 5.01 Å². The highest BCUT2D eigenvalue weighted by molar-refractivity contribution is 8.04. The van der Waals surface area contributed by atoms with Crippen LogP contribution in [0.25, 0.3) is 0 Å². The lowest BCUT2D eigenvalue weighted by Crippen LogP contribution is -2.27. The van der Waals surface area contributed by atoms with E-state index in [1.54, 1.807) is 24.5 Å². The van der Waals surface area contributed by atoms with Crippen molar-refractivity contribution in [1.29, 1.82) is 0 Å². The molecule has 2 atom stereocenters. The molecule has 0 fully saturated rings. The largest absolute Gasteiger partial charge is 0.508 e. The Kier molecular flexibility index (Phi) is 4.96. The zero-order chi connectivity index (χ0) is 18.8. The Morgan fingerprint density at radius 3 is 2.85 bits per heavy atom. The molecule has 2 unspecified atom stereocenters. The first-order valence-electron chi connectivity index (χ1n) is 8.83. The number of nitrogens with two attached hydrogens (primary N) is 1. The summed E-state index contributed by atoms with van der Waals surface area (Å²) in [6.45, 7) is 0.533. The molecule has 3 N–H and O–H groups in total. The summed E-state index contributed by atoms with van der Waals surface area (Å²) < 4.78 is 0. The Hall–Kier alpha value is -2.64. The molecule has 1 aromatic heterocycles. The highest BCUT2D eigenvalue weighted by atomic mass is 32.2. The van der Waals surface area contributed by atoms with Crippen molar-refractivity contribution in [3.63, 3.8) is 0 Å². The smallest absolute Gasteiger partial charge is 0.280 e. The van der Waals surface area contributed by atoms with Crippen LogP contribution in [-0.4, -0.2) is 38.5 Å². The van der Waals surface area contributed by atoms with E-state index in [4.69, 9.17) is 5.73 Å². The number of aromatic hydroxyl groups is 1. The van der Waals surface area contributed by atoms with Crippen molar-refractivity contribution in [3.8, 4) is 5.75 Å². The van der Waals surface area contributed by atoms with Crippen molar-refractivity contribution in [1.82, 2.24) is 9.99 Å². The molecule has 138 valence electrons. The van der Waals surface area contributed by atoms with E-state index in [-0.39, 0.29) is 22.9 Å². The van der Waals surface area contributed by atoms with Gasteiger partial charge in [0.1, 0.15) is 5.75 Å². The molecule has 4 rings (SSSR count). The van der Waals surface area contributed by atoms with Crippen molar-refractivity contribution in [2.75, 3.05) is 6.54 Å². The number of phenols is 1.